The first-order valence-corrected chi connectivity index (χ1v) is 20.1. The average Bonchev–Trinajstić information content (AvgIpc) is 3.05. The van der Waals surface area contributed by atoms with Gasteiger partial charge in [-0.1, -0.05) is 179 Å². The second-order valence-electron chi connectivity index (χ2n) is 13.9. The van der Waals surface area contributed by atoms with Crippen LogP contribution < -0.4 is 5.32 Å². The van der Waals surface area contributed by atoms with E-state index in [1.807, 2.05) is 6.08 Å². The molecular formula is C41H79NO4. The Kier molecular flexibility index (Phi) is 35.7. The summed E-state index contributed by atoms with van der Waals surface area (Å²) in [6, 6.07) is -0.743. The summed E-state index contributed by atoms with van der Waals surface area (Å²) in [6.07, 6.45) is 43.1. The van der Waals surface area contributed by atoms with Crippen LogP contribution >= 0.6 is 0 Å². The van der Waals surface area contributed by atoms with Gasteiger partial charge in [0.15, 0.2) is 0 Å². The van der Waals surface area contributed by atoms with E-state index < -0.39 is 18.2 Å². The minimum atomic E-state index is -0.928. The normalized spacial score (nSPS) is 13.9. The number of carbonyl (C=O) groups excluding carboxylic acids is 1. The quantitative estimate of drug-likeness (QED) is 0.0401. The molecule has 0 aliphatic heterocycles. The van der Waals surface area contributed by atoms with Gasteiger partial charge in [-0.25, -0.2) is 0 Å². The number of aliphatic hydroxyl groups is 3. The first-order valence-electron chi connectivity index (χ1n) is 20.1. The lowest BCUT2D eigenvalue weighted by molar-refractivity contribution is -0.124. The maximum Gasteiger partial charge on any atom is 0.222 e. The molecule has 0 aromatic heterocycles. The van der Waals surface area contributed by atoms with Crippen LogP contribution in [0.5, 0.6) is 0 Å². The van der Waals surface area contributed by atoms with E-state index in [2.05, 4.69) is 31.3 Å². The maximum atomic E-state index is 12.4. The highest BCUT2D eigenvalue weighted by Gasteiger charge is 2.20. The van der Waals surface area contributed by atoms with Gasteiger partial charge in [0, 0.05) is 0 Å². The Morgan fingerprint density at radius 1 is 0.543 bits per heavy atom. The Morgan fingerprint density at radius 2 is 0.913 bits per heavy atom. The van der Waals surface area contributed by atoms with Crippen molar-refractivity contribution in [3.8, 4) is 0 Å². The number of aliphatic hydroxyl groups excluding tert-OH is 3. The standard InChI is InChI=1S/C41H79NO4/c1-3-5-7-9-11-13-15-17-18-19-20-21-23-25-27-29-31-33-35-40(45)39(37-43)42-41(46)36-38(44)34-32-30-28-26-24-22-16-14-12-10-8-6-4-2/h14,16,33,35,38-40,43-45H,3-13,15,17-32,34,36-37H2,1-2H3,(H,42,46)/b16-14-,35-33+. The predicted molar refractivity (Wildman–Crippen MR) is 199 cm³/mol. The average molecular weight is 650 g/mol. The molecule has 3 atom stereocenters. The summed E-state index contributed by atoms with van der Waals surface area (Å²) in [5.74, 6) is -0.321. The number of nitrogens with one attached hydrogen (secondary N) is 1. The lowest BCUT2D eigenvalue weighted by atomic mass is 10.0. The number of rotatable bonds is 36. The SMILES string of the molecule is CCCCCC/C=C\CCCCCCCC(O)CC(=O)NC(CO)C(O)/C=C/CCCCCCCCCCCCCCCCCC. The molecular weight excluding hydrogens is 570 g/mol. The van der Waals surface area contributed by atoms with Crippen LogP contribution in [0.15, 0.2) is 24.3 Å². The van der Waals surface area contributed by atoms with Gasteiger partial charge in [-0.05, 0) is 44.9 Å². The van der Waals surface area contributed by atoms with Gasteiger partial charge in [0.05, 0.1) is 31.3 Å². The first kappa shape index (κ1) is 44.8. The highest BCUT2D eigenvalue weighted by atomic mass is 16.3. The van der Waals surface area contributed by atoms with Gasteiger partial charge in [-0.2, -0.15) is 0 Å². The number of hydrogen-bond acceptors (Lipinski definition) is 4. The molecule has 0 aromatic carbocycles. The van der Waals surface area contributed by atoms with Crippen LogP contribution in [0.1, 0.15) is 206 Å². The van der Waals surface area contributed by atoms with Crippen LogP contribution in [-0.4, -0.2) is 46.1 Å². The number of hydrogen-bond donors (Lipinski definition) is 4. The van der Waals surface area contributed by atoms with E-state index in [9.17, 15) is 20.1 Å². The summed E-state index contributed by atoms with van der Waals surface area (Å²) in [7, 11) is 0. The zero-order valence-corrected chi connectivity index (χ0v) is 30.7. The predicted octanol–water partition coefficient (Wildman–Crippen LogP) is 11.0. The molecule has 0 fully saturated rings. The summed E-state index contributed by atoms with van der Waals surface area (Å²) >= 11 is 0. The van der Waals surface area contributed by atoms with E-state index in [4.69, 9.17) is 0 Å². The number of unbranched alkanes of at least 4 members (excludes halogenated alkanes) is 25. The van der Waals surface area contributed by atoms with Gasteiger partial charge in [0.25, 0.3) is 0 Å². The summed E-state index contributed by atoms with van der Waals surface area (Å²) in [4.78, 5) is 12.4. The van der Waals surface area contributed by atoms with Crippen molar-refractivity contribution in [2.45, 2.75) is 225 Å². The van der Waals surface area contributed by atoms with E-state index in [1.165, 1.54) is 141 Å². The molecule has 0 aliphatic carbocycles. The molecule has 272 valence electrons. The topological polar surface area (TPSA) is 89.8 Å². The highest BCUT2D eigenvalue weighted by Crippen LogP contribution is 2.15. The Labute approximate surface area is 286 Å². The van der Waals surface area contributed by atoms with E-state index in [1.54, 1.807) is 6.08 Å². The molecule has 3 unspecified atom stereocenters. The monoisotopic (exact) mass is 650 g/mol. The lowest BCUT2D eigenvalue weighted by Gasteiger charge is -2.21. The van der Waals surface area contributed by atoms with Gasteiger partial charge in [0.1, 0.15) is 0 Å². The van der Waals surface area contributed by atoms with E-state index in [-0.39, 0.29) is 18.9 Å². The molecule has 5 heteroatoms. The second kappa shape index (κ2) is 36.7. The van der Waals surface area contributed by atoms with Crippen LogP contribution in [0.3, 0.4) is 0 Å². The van der Waals surface area contributed by atoms with Crippen LogP contribution in [0.2, 0.25) is 0 Å². The molecule has 0 aliphatic rings. The molecule has 0 heterocycles. The zero-order valence-electron chi connectivity index (χ0n) is 30.7. The van der Waals surface area contributed by atoms with Crippen LogP contribution in [0, 0.1) is 0 Å². The van der Waals surface area contributed by atoms with Crippen molar-refractivity contribution < 1.29 is 20.1 Å². The largest absolute Gasteiger partial charge is 0.394 e. The van der Waals surface area contributed by atoms with Gasteiger partial charge in [-0.3, -0.25) is 4.79 Å². The molecule has 0 rings (SSSR count). The van der Waals surface area contributed by atoms with E-state index >= 15 is 0 Å². The molecule has 0 aromatic rings. The Bertz CT molecular complexity index is 679. The summed E-state index contributed by atoms with van der Waals surface area (Å²) in [5.41, 5.74) is 0. The van der Waals surface area contributed by atoms with Crippen molar-refractivity contribution >= 4 is 5.91 Å². The molecule has 0 bridgehead atoms. The van der Waals surface area contributed by atoms with Crippen molar-refractivity contribution in [3.05, 3.63) is 24.3 Å². The Balaban J connectivity index is 3.70. The highest BCUT2D eigenvalue weighted by molar-refractivity contribution is 5.76. The van der Waals surface area contributed by atoms with Crippen molar-refractivity contribution in [3.63, 3.8) is 0 Å². The Hall–Kier alpha value is -1.17. The summed E-state index contributed by atoms with van der Waals surface area (Å²) < 4.78 is 0. The van der Waals surface area contributed by atoms with Gasteiger partial charge >= 0.3 is 0 Å². The second-order valence-corrected chi connectivity index (χ2v) is 13.9. The van der Waals surface area contributed by atoms with E-state index in [0.717, 1.165) is 38.5 Å². The number of carbonyl (C=O) groups is 1. The number of allylic oxidation sites excluding steroid dienone is 3. The fourth-order valence-electron chi connectivity index (χ4n) is 6.10. The van der Waals surface area contributed by atoms with Gasteiger partial charge in [0.2, 0.25) is 5.91 Å². The molecule has 0 spiro atoms. The molecule has 46 heavy (non-hydrogen) atoms. The minimum absolute atomic E-state index is 0.00911. The fraction of sp³-hybridized carbons (Fsp3) is 0.878. The lowest BCUT2D eigenvalue weighted by Crippen LogP contribution is -2.45. The smallest absolute Gasteiger partial charge is 0.222 e. The van der Waals surface area contributed by atoms with Crippen molar-refractivity contribution in [2.24, 2.45) is 0 Å². The first-order chi connectivity index (χ1) is 22.5. The van der Waals surface area contributed by atoms with Gasteiger partial charge in [-0.15, -0.1) is 0 Å². The zero-order chi connectivity index (χ0) is 33.8. The molecule has 0 saturated carbocycles. The molecule has 4 N–H and O–H groups in total. The van der Waals surface area contributed by atoms with Crippen molar-refractivity contribution in [2.75, 3.05) is 6.61 Å². The molecule has 5 nitrogen and oxygen atoms in total. The van der Waals surface area contributed by atoms with Gasteiger partial charge < -0.3 is 20.6 Å². The summed E-state index contributed by atoms with van der Waals surface area (Å²) in [6.45, 7) is 4.19. The molecule has 0 saturated heterocycles. The third-order valence-electron chi connectivity index (χ3n) is 9.23. The van der Waals surface area contributed by atoms with Crippen LogP contribution in [0.25, 0.3) is 0 Å². The number of amides is 1. The third kappa shape index (κ3) is 32.8. The molecule has 0 radical (unpaired) electrons. The van der Waals surface area contributed by atoms with E-state index in [0.29, 0.717) is 6.42 Å². The summed E-state index contributed by atoms with van der Waals surface area (Å²) in [5, 5.41) is 33.1. The maximum absolute atomic E-state index is 12.4. The van der Waals surface area contributed by atoms with Crippen LogP contribution in [-0.2, 0) is 4.79 Å². The van der Waals surface area contributed by atoms with Crippen LogP contribution in [0.4, 0.5) is 0 Å². The van der Waals surface area contributed by atoms with Crippen molar-refractivity contribution in [1.82, 2.24) is 5.32 Å². The minimum Gasteiger partial charge on any atom is -0.394 e. The van der Waals surface area contributed by atoms with Crippen molar-refractivity contribution in [1.29, 1.82) is 0 Å². The third-order valence-corrected chi connectivity index (χ3v) is 9.23. The fourth-order valence-corrected chi connectivity index (χ4v) is 6.10. The Morgan fingerprint density at radius 3 is 1.35 bits per heavy atom. The molecule has 1 amide bonds.